The average Bonchev–Trinajstić information content (AvgIpc) is 3.28. The number of ether oxygens (including phenoxy) is 2. The van der Waals surface area contributed by atoms with Gasteiger partial charge in [0.1, 0.15) is 12.6 Å². The first-order valence-corrected chi connectivity index (χ1v) is 13.8. The van der Waals surface area contributed by atoms with E-state index in [0.29, 0.717) is 35.6 Å². The molecule has 1 aliphatic heterocycles. The lowest BCUT2D eigenvalue weighted by Gasteiger charge is -2.32. The minimum atomic E-state index is -0.356. The van der Waals surface area contributed by atoms with Gasteiger partial charge in [-0.2, -0.15) is 4.98 Å². The van der Waals surface area contributed by atoms with Gasteiger partial charge in [-0.15, -0.1) is 5.10 Å². The predicted molar refractivity (Wildman–Crippen MR) is 147 cm³/mol. The van der Waals surface area contributed by atoms with Crippen molar-refractivity contribution in [1.82, 2.24) is 14.8 Å². The summed E-state index contributed by atoms with van der Waals surface area (Å²) in [6, 6.07) is 14.1. The molecule has 5 rings (SSSR count). The lowest BCUT2D eigenvalue weighted by atomic mass is 9.85. The van der Waals surface area contributed by atoms with Gasteiger partial charge < -0.3 is 14.8 Å². The normalized spacial score (nSPS) is 17.2. The van der Waals surface area contributed by atoms with Gasteiger partial charge in [-0.05, 0) is 52.8 Å². The first-order valence-electron chi connectivity index (χ1n) is 12.8. The van der Waals surface area contributed by atoms with E-state index in [4.69, 9.17) is 14.6 Å². The third kappa shape index (κ3) is 5.12. The number of Topliss-reactive ketones (excluding diaryl/α,β-unsaturated/α-hetero) is 1. The zero-order valence-electron chi connectivity index (χ0n) is 22.1. The van der Waals surface area contributed by atoms with E-state index in [9.17, 15) is 4.79 Å². The molecule has 37 heavy (non-hydrogen) atoms. The Morgan fingerprint density at radius 3 is 2.59 bits per heavy atom. The molecule has 0 spiro atoms. The zero-order chi connectivity index (χ0) is 26.2. The van der Waals surface area contributed by atoms with Crippen molar-refractivity contribution in [3.8, 4) is 11.5 Å². The lowest BCUT2D eigenvalue weighted by Crippen LogP contribution is -2.31. The molecule has 194 valence electrons. The average molecular weight is 519 g/mol. The molecule has 2 aromatic carbocycles. The van der Waals surface area contributed by atoms with Crippen LogP contribution in [0, 0.1) is 0 Å². The summed E-state index contributed by atoms with van der Waals surface area (Å²) in [6.07, 6.45) is 2.21. The van der Waals surface area contributed by atoms with E-state index >= 15 is 0 Å². The molecule has 1 N–H and O–H groups in total. The van der Waals surface area contributed by atoms with Crippen LogP contribution in [0.5, 0.6) is 11.5 Å². The Balaban J connectivity index is 1.44. The second kappa shape index (κ2) is 10.2. The van der Waals surface area contributed by atoms with E-state index in [-0.39, 0.29) is 17.2 Å². The molecule has 8 heteroatoms. The molecule has 0 bridgehead atoms. The number of methoxy groups -OCH3 is 1. The van der Waals surface area contributed by atoms with Crippen LogP contribution in [0.4, 0.5) is 5.95 Å². The third-order valence-corrected chi connectivity index (χ3v) is 7.56. The quantitative estimate of drug-likeness (QED) is 0.368. The van der Waals surface area contributed by atoms with Gasteiger partial charge in [-0.1, -0.05) is 69.8 Å². The molecular formula is C29H34N4O3S. The number of allylic oxidation sites excluding steroid dienone is 2. The van der Waals surface area contributed by atoms with Gasteiger partial charge in [0.15, 0.2) is 17.3 Å². The van der Waals surface area contributed by atoms with Crippen molar-refractivity contribution in [3.63, 3.8) is 0 Å². The Hall–Kier alpha value is -3.26. The van der Waals surface area contributed by atoms with Gasteiger partial charge >= 0.3 is 0 Å². The molecule has 1 aliphatic carbocycles. The van der Waals surface area contributed by atoms with Gasteiger partial charge in [0.25, 0.3) is 0 Å². The fourth-order valence-electron chi connectivity index (χ4n) is 4.87. The molecule has 1 unspecified atom stereocenters. The highest BCUT2D eigenvalue weighted by molar-refractivity contribution is 7.99. The van der Waals surface area contributed by atoms with Crippen molar-refractivity contribution < 1.29 is 14.3 Å². The fraction of sp³-hybridized carbons (Fsp3) is 0.414. The number of aromatic nitrogens is 3. The number of ketones is 1. The SMILES string of the molecule is CCSc1nc2n(n1)C(c1ccc(OCc3ccc(C(C)(C)C)cc3)c(OC)c1)C1=C(CCCC1=O)N2. The number of carbonyl (C=O) groups excluding carboxylic acids is 1. The summed E-state index contributed by atoms with van der Waals surface area (Å²) in [6.45, 7) is 9.13. The van der Waals surface area contributed by atoms with Crippen LogP contribution in [0.2, 0.25) is 0 Å². The molecule has 0 radical (unpaired) electrons. The number of hydrogen-bond donors (Lipinski definition) is 1. The molecule has 0 saturated heterocycles. The molecule has 1 aromatic heterocycles. The van der Waals surface area contributed by atoms with Crippen molar-refractivity contribution in [2.45, 2.75) is 70.2 Å². The Morgan fingerprint density at radius 1 is 1.11 bits per heavy atom. The Bertz CT molecular complexity index is 1340. The van der Waals surface area contributed by atoms with Gasteiger partial charge in [0.05, 0.1) is 7.11 Å². The molecule has 0 saturated carbocycles. The Labute approximate surface area is 222 Å². The summed E-state index contributed by atoms with van der Waals surface area (Å²) >= 11 is 1.59. The van der Waals surface area contributed by atoms with Crippen molar-refractivity contribution in [3.05, 3.63) is 70.4 Å². The number of hydrogen-bond acceptors (Lipinski definition) is 7. The van der Waals surface area contributed by atoms with E-state index in [1.807, 2.05) is 22.9 Å². The Kier molecular flexibility index (Phi) is 7.03. The lowest BCUT2D eigenvalue weighted by molar-refractivity contribution is -0.116. The topological polar surface area (TPSA) is 78.3 Å². The maximum absolute atomic E-state index is 13.1. The van der Waals surface area contributed by atoms with Crippen LogP contribution in [0.25, 0.3) is 0 Å². The maximum Gasteiger partial charge on any atom is 0.227 e. The van der Waals surface area contributed by atoms with Crippen molar-refractivity contribution in [2.24, 2.45) is 0 Å². The maximum atomic E-state index is 13.1. The number of rotatable bonds is 7. The minimum Gasteiger partial charge on any atom is -0.493 e. The summed E-state index contributed by atoms with van der Waals surface area (Å²) in [7, 11) is 1.64. The largest absolute Gasteiger partial charge is 0.493 e. The van der Waals surface area contributed by atoms with E-state index in [0.717, 1.165) is 41.0 Å². The van der Waals surface area contributed by atoms with Crippen molar-refractivity contribution in [1.29, 1.82) is 0 Å². The fourth-order valence-corrected chi connectivity index (χ4v) is 5.43. The summed E-state index contributed by atoms with van der Waals surface area (Å²) in [5, 5.41) is 8.83. The van der Waals surface area contributed by atoms with E-state index < -0.39 is 0 Å². The van der Waals surface area contributed by atoms with Gasteiger partial charge in [-0.3, -0.25) is 4.79 Å². The number of fused-ring (bicyclic) bond motifs is 1. The highest BCUT2D eigenvalue weighted by atomic mass is 32.2. The van der Waals surface area contributed by atoms with E-state index in [2.05, 4.69) is 62.3 Å². The summed E-state index contributed by atoms with van der Waals surface area (Å²) < 4.78 is 13.7. The second-order valence-electron chi connectivity index (χ2n) is 10.4. The van der Waals surface area contributed by atoms with E-state index in [1.165, 1.54) is 5.56 Å². The van der Waals surface area contributed by atoms with Crippen LogP contribution in [-0.2, 0) is 16.8 Å². The van der Waals surface area contributed by atoms with Crippen LogP contribution in [0.15, 0.2) is 58.9 Å². The number of carbonyl (C=O) groups is 1. The number of benzene rings is 2. The third-order valence-electron chi connectivity index (χ3n) is 6.84. The number of thioether (sulfide) groups is 1. The van der Waals surface area contributed by atoms with E-state index in [1.54, 1.807) is 18.9 Å². The minimum absolute atomic E-state index is 0.113. The first-order chi connectivity index (χ1) is 17.8. The molecule has 2 heterocycles. The summed E-state index contributed by atoms with van der Waals surface area (Å²) in [5.74, 6) is 2.98. The van der Waals surface area contributed by atoms with Crippen LogP contribution in [0.3, 0.4) is 0 Å². The molecule has 0 amide bonds. The number of anilines is 1. The first kappa shape index (κ1) is 25.4. The monoisotopic (exact) mass is 518 g/mol. The Morgan fingerprint density at radius 2 is 1.89 bits per heavy atom. The highest BCUT2D eigenvalue weighted by Gasteiger charge is 2.37. The molecule has 0 fully saturated rings. The van der Waals surface area contributed by atoms with Crippen LogP contribution < -0.4 is 14.8 Å². The number of nitrogens with one attached hydrogen (secondary N) is 1. The summed E-state index contributed by atoms with van der Waals surface area (Å²) in [4.78, 5) is 17.8. The van der Waals surface area contributed by atoms with Crippen molar-refractivity contribution in [2.75, 3.05) is 18.2 Å². The number of nitrogens with zero attached hydrogens (tertiary/aromatic N) is 3. The van der Waals surface area contributed by atoms with Gasteiger partial charge in [-0.25, -0.2) is 4.68 Å². The van der Waals surface area contributed by atoms with Crippen LogP contribution in [-0.4, -0.2) is 33.4 Å². The molecule has 7 nitrogen and oxygen atoms in total. The standard InChI is InChI=1S/C29H34N4O3S/c1-6-37-28-31-27-30-21-8-7-9-22(34)25(21)26(33(27)32-28)19-12-15-23(24(16-19)35-5)36-17-18-10-13-20(14-11-18)29(2,3)4/h10-16,26H,6-9,17H2,1-5H3,(H,30,31,32). The summed E-state index contributed by atoms with van der Waals surface area (Å²) in [5.41, 5.74) is 5.13. The molecule has 2 aliphatic rings. The van der Waals surface area contributed by atoms with Crippen molar-refractivity contribution >= 4 is 23.5 Å². The van der Waals surface area contributed by atoms with Gasteiger partial charge in [0, 0.05) is 17.7 Å². The second-order valence-corrected chi connectivity index (χ2v) is 11.7. The van der Waals surface area contributed by atoms with Gasteiger partial charge in [0.2, 0.25) is 11.1 Å². The zero-order valence-corrected chi connectivity index (χ0v) is 22.9. The molecular weight excluding hydrogens is 484 g/mol. The highest BCUT2D eigenvalue weighted by Crippen LogP contribution is 2.42. The smallest absolute Gasteiger partial charge is 0.227 e. The predicted octanol–water partition coefficient (Wildman–Crippen LogP) is 6.30. The molecule has 3 aromatic rings. The van der Waals surface area contributed by atoms with Crippen LogP contribution in [0.1, 0.15) is 69.7 Å². The van der Waals surface area contributed by atoms with Crippen LogP contribution >= 0.6 is 11.8 Å². The molecule has 1 atom stereocenters.